The Labute approximate surface area is 212 Å². The number of allylic oxidation sites excluding steroid dienone is 1. The highest BCUT2D eigenvalue weighted by molar-refractivity contribution is 5.35. The molecule has 2 aliphatic carbocycles. The fraction of sp³-hybridized carbons (Fsp3) is 0.742. The summed E-state index contributed by atoms with van der Waals surface area (Å²) < 4.78 is 39.5. The average Bonchev–Trinajstić information content (AvgIpc) is 2.89. The molecule has 0 amide bonds. The molecule has 0 saturated heterocycles. The Morgan fingerprint density at radius 2 is 1.31 bits per heavy atom. The van der Waals surface area contributed by atoms with E-state index in [1.165, 1.54) is 89.2 Å². The summed E-state index contributed by atoms with van der Waals surface area (Å²) in [5, 5.41) is 0. The molecule has 0 radical (unpaired) electrons. The van der Waals surface area contributed by atoms with Gasteiger partial charge in [0.25, 0.3) is 0 Å². The van der Waals surface area contributed by atoms with Gasteiger partial charge in [0.2, 0.25) is 11.6 Å². The molecule has 0 aromatic heterocycles. The van der Waals surface area contributed by atoms with Gasteiger partial charge in [-0.25, -0.2) is 0 Å². The van der Waals surface area contributed by atoms with Crippen LogP contribution in [0.5, 0.6) is 11.5 Å². The van der Waals surface area contributed by atoms with Crippen molar-refractivity contribution in [2.24, 2.45) is 23.7 Å². The van der Waals surface area contributed by atoms with Gasteiger partial charge in [-0.3, -0.25) is 0 Å². The number of halogens is 2. The molecule has 0 atom stereocenters. The normalized spacial score (nSPS) is 25.1. The lowest BCUT2D eigenvalue weighted by molar-refractivity contribution is 0.151. The molecular formula is C31H48F2O2. The van der Waals surface area contributed by atoms with E-state index in [9.17, 15) is 8.78 Å². The van der Waals surface area contributed by atoms with E-state index >= 15 is 0 Å². The molecule has 1 aromatic carbocycles. The van der Waals surface area contributed by atoms with Gasteiger partial charge in [0.1, 0.15) is 6.61 Å². The van der Waals surface area contributed by atoms with E-state index in [-0.39, 0.29) is 18.1 Å². The number of ether oxygens (including phenoxy) is 2. The van der Waals surface area contributed by atoms with Crippen LogP contribution in [-0.4, -0.2) is 13.2 Å². The molecule has 3 rings (SSSR count). The Morgan fingerprint density at radius 1 is 0.743 bits per heavy atom. The second-order valence-corrected chi connectivity index (χ2v) is 10.9. The van der Waals surface area contributed by atoms with E-state index in [1.54, 1.807) is 0 Å². The van der Waals surface area contributed by atoms with E-state index in [0.717, 1.165) is 37.0 Å². The minimum Gasteiger partial charge on any atom is -0.490 e. The number of benzene rings is 1. The highest BCUT2D eigenvalue weighted by Crippen LogP contribution is 2.42. The first kappa shape index (κ1) is 28.0. The first-order valence-corrected chi connectivity index (χ1v) is 14.5. The van der Waals surface area contributed by atoms with Crippen molar-refractivity contribution in [1.29, 1.82) is 0 Å². The summed E-state index contributed by atoms with van der Waals surface area (Å²) in [5.74, 6) is 1.41. The summed E-state index contributed by atoms with van der Waals surface area (Å²) in [5.41, 5.74) is 0. The Hall–Kier alpha value is -1.58. The van der Waals surface area contributed by atoms with Gasteiger partial charge in [-0.15, -0.1) is 0 Å². The van der Waals surface area contributed by atoms with Crippen molar-refractivity contribution in [3.63, 3.8) is 0 Å². The lowest BCUT2D eigenvalue weighted by atomic mass is 9.68. The zero-order chi connectivity index (χ0) is 24.9. The number of hydrogen-bond donors (Lipinski definition) is 0. The van der Waals surface area contributed by atoms with E-state index in [2.05, 4.69) is 19.9 Å². The maximum absolute atomic E-state index is 14.3. The van der Waals surface area contributed by atoms with Gasteiger partial charge in [0, 0.05) is 0 Å². The predicted molar refractivity (Wildman–Crippen MR) is 141 cm³/mol. The van der Waals surface area contributed by atoms with Gasteiger partial charge in [0.15, 0.2) is 11.5 Å². The van der Waals surface area contributed by atoms with Crippen molar-refractivity contribution >= 4 is 0 Å². The highest BCUT2D eigenvalue weighted by atomic mass is 19.2. The van der Waals surface area contributed by atoms with Crippen LogP contribution in [0.2, 0.25) is 0 Å². The third-order valence-corrected chi connectivity index (χ3v) is 8.35. The van der Waals surface area contributed by atoms with Crippen molar-refractivity contribution in [3.05, 3.63) is 35.9 Å². The average molecular weight is 491 g/mol. The summed E-state index contributed by atoms with van der Waals surface area (Å²) >= 11 is 0. The van der Waals surface area contributed by atoms with E-state index in [4.69, 9.17) is 9.47 Å². The van der Waals surface area contributed by atoms with Crippen LogP contribution in [0.4, 0.5) is 8.78 Å². The third kappa shape index (κ3) is 9.10. The van der Waals surface area contributed by atoms with Crippen LogP contribution in [-0.2, 0) is 0 Å². The van der Waals surface area contributed by atoms with Crippen LogP contribution in [0.1, 0.15) is 110 Å². The Kier molecular flexibility index (Phi) is 12.4. The second kappa shape index (κ2) is 15.5. The van der Waals surface area contributed by atoms with Crippen molar-refractivity contribution in [1.82, 2.24) is 0 Å². The summed E-state index contributed by atoms with van der Waals surface area (Å²) in [4.78, 5) is 0. The van der Waals surface area contributed by atoms with E-state index < -0.39 is 11.6 Å². The molecule has 0 N–H and O–H groups in total. The zero-order valence-electron chi connectivity index (χ0n) is 22.2. The van der Waals surface area contributed by atoms with E-state index in [1.807, 2.05) is 6.08 Å². The quantitative estimate of drug-likeness (QED) is 0.191. The molecule has 35 heavy (non-hydrogen) atoms. The second-order valence-electron chi connectivity index (χ2n) is 10.9. The van der Waals surface area contributed by atoms with Crippen LogP contribution in [0.3, 0.4) is 0 Å². The van der Waals surface area contributed by atoms with Crippen LogP contribution in [0.25, 0.3) is 0 Å². The first-order valence-electron chi connectivity index (χ1n) is 14.5. The Morgan fingerprint density at radius 3 is 1.94 bits per heavy atom. The lowest BCUT2D eigenvalue weighted by Gasteiger charge is -2.37. The maximum atomic E-state index is 14.3. The molecule has 2 nitrogen and oxygen atoms in total. The minimum absolute atomic E-state index is 0.0387. The molecule has 198 valence electrons. The van der Waals surface area contributed by atoms with Gasteiger partial charge in [-0.1, -0.05) is 77.4 Å². The van der Waals surface area contributed by atoms with Crippen molar-refractivity contribution in [2.45, 2.75) is 110 Å². The molecule has 1 aromatic rings. The van der Waals surface area contributed by atoms with Gasteiger partial charge in [-0.2, -0.15) is 8.78 Å². The number of hydrogen-bond acceptors (Lipinski definition) is 2. The van der Waals surface area contributed by atoms with Crippen molar-refractivity contribution < 1.29 is 18.3 Å². The molecule has 0 unspecified atom stereocenters. The van der Waals surface area contributed by atoms with Crippen LogP contribution in [0, 0.1) is 35.3 Å². The Balaban J connectivity index is 1.33. The van der Waals surface area contributed by atoms with Crippen LogP contribution in [0.15, 0.2) is 24.3 Å². The maximum Gasteiger partial charge on any atom is 0.204 e. The molecule has 0 heterocycles. The molecule has 4 heteroatoms. The minimum atomic E-state index is -0.966. The first-order chi connectivity index (χ1) is 17.1. The van der Waals surface area contributed by atoms with Gasteiger partial charge < -0.3 is 9.47 Å². The van der Waals surface area contributed by atoms with Crippen LogP contribution < -0.4 is 9.47 Å². The zero-order valence-corrected chi connectivity index (χ0v) is 22.2. The molecule has 2 aliphatic rings. The summed E-state index contributed by atoms with van der Waals surface area (Å²) in [6.45, 7) is 5.04. The summed E-state index contributed by atoms with van der Waals surface area (Å²) in [6.07, 6.45) is 23.6. The molecular weight excluding hydrogens is 442 g/mol. The SMILES string of the molecule is CCCCCOc1ccc(OCC=CC2CCC(C3CCC(CCCCC)CC3)CC2)c(F)c1F. The monoisotopic (exact) mass is 490 g/mol. The van der Waals surface area contributed by atoms with Gasteiger partial charge >= 0.3 is 0 Å². The topological polar surface area (TPSA) is 18.5 Å². The summed E-state index contributed by atoms with van der Waals surface area (Å²) in [7, 11) is 0. The standard InChI is InChI=1S/C31H48F2O2/c1-3-5-7-10-24-12-16-26(17-13-24)27-18-14-25(15-19-27)11-9-23-35-29-21-20-28(30(32)31(29)33)34-22-8-6-4-2/h9,11,20-21,24-27H,3-8,10,12-19,22-23H2,1-2H3. The molecule has 2 fully saturated rings. The molecule has 2 saturated carbocycles. The predicted octanol–water partition coefficient (Wildman–Crippen LogP) is 9.66. The molecule has 0 spiro atoms. The Bertz CT molecular complexity index is 747. The molecule has 0 aliphatic heterocycles. The largest absolute Gasteiger partial charge is 0.490 e. The third-order valence-electron chi connectivity index (χ3n) is 8.35. The fourth-order valence-electron chi connectivity index (χ4n) is 6.10. The summed E-state index contributed by atoms with van der Waals surface area (Å²) in [6, 6.07) is 2.93. The highest BCUT2D eigenvalue weighted by Gasteiger charge is 2.30. The van der Waals surface area contributed by atoms with E-state index in [0.29, 0.717) is 12.5 Å². The smallest absolute Gasteiger partial charge is 0.204 e. The molecule has 0 bridgehead atoms. The fourth-order valence-corrected chi connectivity index (χ4v) is 6.10. The number of rotatable bonds is 14. The van der Waals surface area contributed by atoms with Gasteiger partial charge in [-0.05, 0) is 80.8 Å². The van der Waals surface area contributed by atoms with Crippen molar-refractivity contribution in [2.75, 3.05) is 13.2 Å². The lowest BCUT2D eigenvalue weighted by Crippen LogP contribution is -2.25. The number of unbranched alkanes of at least 4 members (excludes halogenated alkanes) is 4. The van der Waals surface area contributed by atoms with Crippen molar-refractivity contribution in [3.8, 4) is 11.5 Å². The van der Waals surface area contributed by atoms with Crippen LogP contribution >= 0.6 is 0 Å². The van der Waals surface area contributed by atoms with Gasteiger partial charge in [0.05, 0.1) is 6.61 Å².